The first kappa shape index (κ1) is 40.6. The van der Waals surface area contributed by atoms with Crippen LogP contribution < -0.4 is 27.0 Å². The number of rotatable bonds is 18. The fourth-order valence-corrected chi connectivity index (χ4v) is 5.89. The zero-order chi connectivity index (χ0) is 39.4. The molecule has 14 heteroatoms. The Labute approximate surface area is 312 Å². The topological polar surface area (TPSA) is 237 Å². The van der Waals surface area contributed by atoms with Crippen molar-refractivity contribution in [1.82, 2.24) is 16.0 Å². The summed E-state index contributed by atoms with van der Waals surface area (Å²) in [5, 5.41) is 42.1. The van der Waals surface area contributed by atoms with Crippen LogP contribution in [0.4, 0.5) is 5.69 Å². The fourth-order valence-electron chi connectivity index (χ4n) is 5.89. The zero-order valence-electron chi connectivity index (χ0n) is 29.9. The minimum Gasteiger partial charge on any atom is -0.481 e. The number of aliphatic hydroxyl groups is 1. The van der Waals surface area contributed by atoms with Crippen molar-refractivity contribution in [1.29, 1.82) is 0 Å². The first-order valence-electron chi connectivity index (χ1n) is 17.4. The van der Waals surface area contributed by atoms with E-state index in [1.165, 1.54) is 24.3 Å². The van der Waals surface area contributed by atoms with Gasteiger partial charge < -0.3 is 42.3 Å². The van der Waals surface area contributed by atoms with E-state index in [4.69, 9.17) is 10.8 Å². The van der Waals surface area contributed by atoms with Crippen molar-refractivity contribution in [2.24, 2.45) is 11.7 Å². The Morgan fingerprint density at radius 2 is 1.37 bits per heavy atom. The van der Waals surface area contributed by atoms with Crippen LogP contribution in [-0.4, -0.2) is 81.2 Å². The van der Waals surface area contributed by atoms with Crippen LogP contribution in [0.15, 0.2) is 97.1 Å². The molecule has 5 atom stereocenters. The summed E-state index contributed by atoms with van der Waals surface area (Å²) >= 11 is 0. The number of carboxylic acid groups (broad SMARTS) is 2. The molecule has 284 valence electrons. The molecule has 0 fully saturated rings. The molecular formula is C40H45N5O9. The van der Waals surface area contributed by atoms with Crippen LogP contribution >= 0.6 is 0 Å². The van der Waals surface area contributed by atoms with Gasteiger partial charge in [-0.1, -0.05) is 92.7 Å². The Hall–Kier alpha value is -6.12. The first-order valence-corrected chi connectivity index (χ1v) is 17.4. The van der Waals surface area contributed by atoms with Crippen LogP contribution in [0, 0.1) is 5.92 Å². The Balaban J connectivity index is 1.64. The molecule has 54 heavy (non-hydrogen) atoms. The predicted molar refractivity (Wildman–Crippen MR) is 201 cm³/mol. The van der Waals surface area contributed by atoms with E-state index in [2.05, 4.69) is 21.3 Å². The van der Waals surface area contributed by atoms with Gasteiger partial charge >= 0.3 is 11.9 Å². The van der Waals surface area contributed by atoms with Crippen molar-refractivity contribution in [2.45, 2.75) is 69.8 Å². The van der Waals surface area contributed by atoms with E-state index in [-0.39, 0.29) is 36.9 Å². The summed E-state index contributed by atoms with van der Waals surface area (Å²) in [6, 6.07) is 22.5. The number of aromatic carboxylic acids is 1. The van der Waals surface area contributed by atoms with Crippen LogP contribution in [0.3, 0.4) is 0 Å². The highest BCUT2D eigenvalue weighted by molar-refractivity contribution is 5.98. The number of nitrogens with two attached hydrogens (primary N) is 1. The largest absolute Gasteiger partial charge is 0.481 e. The molecule has 0 aromatic heterocycles. The molecular weight excluding hydrogens is 694 g/mol. The summed E-state index contributed by atoms with van der Waals surface area (Å²) < 4.78 is 0. The number of carbonyl (C=O) groups is 6. The Bertz CT molecular complexity index is 1960. The lowest BCUT2D eigenvalue weighted by Crippen LogP contribution is -2.60. The normalized spacial score (nSPS) is 13.9. The molecule has 4 rings (SSSR count). The summed E-state index contributed by atoms with van der Waals surface area (Å²) in [4.78, 5) is 76.9. The second-order valence-electron chi connectivity index (χ2n) is 13.3. The molecule has 4 aromatic carbocycles. The van der Waals surface area contributed by atoms with Crippen LogP contribution in [-0.2, 0) is 36.8 Å². The van der Waals surface area contributed by atoms with E-state index in [1.54, 1.807) is 44.2 Å². The number of hydrogen-bond donors (Lipinski definition) is 8. The quantitative estimate of drug-likeness (QED) is 0.0743. The Morgan fingerprint density at radius 1 is 0.704 bits per heavy atom. The molecule has 9 N–H and O–H groups in total. The molecule has 0 spiro atoms. The number of carbonyl (C=O) groups excluding carboxylic acids is 4. The van der Waals surface area contributed by atoms with Crippen molar-refractivity contribution >= 4 is 52.0 Å². The molecule has 0 bridgehead atoms. The maximum atomic E-state index is 14.3. The van der Waals surface area contributed by atoms with Gasteiger partial charge in [0.1, 0.15) is 12.1 Å². The van der Waals surface area contributed by atoms with E-state index >= 15 is 0 Å². The maximum Gasteiger partial charge on any atom is 0.335 e. The molecule has 0 radical (unpaired) electrons. The molecule has 4 amide bonds. The van der Waals surface area contributed by atoms with Gasteiger partial charge in [0.2, 0.25) is 17.7 Å². The van der Waals surface area contributed by atoms with Gasteiger partial charge in [0, 0.05) is 18.5 Å². The smallest absolute Gasteiger partial charge is 0.335 e. The second-order valence-corrected chi connectivity index (χ2v) is 13.3. The Kier molecular flexibility index (Phi) is 14.4. The summed E-state index contributed by atoms with van der Waals surface area (Å²) in [5.74, 6) is -5.89. The third-order valence-corrected chi connectivity index (χ3v) is 8.84. The number of benzene rings is 4. The van der Waals surface area contributed by atoms with Gasteiger partial charge in [0.05, 0.1) is 17.6 Å². The van der Waals surface area contributed by atoms with Crippen LogP contribution in [0.5, 0.6) is 0 Å². The lowest BCUT2D eigenvalue weighted by molar-refractivity contribution is -0.137. The summed E-state index contributed by atoms with van der Waals surface area (Å²) in [6.07, 6.45) is -2.33. The molecule has 0 saturated heterocycles. The van der Waals surface area contributed by atoms with E-state index in [9.17, 15) is 39.0 Å². The van der Waals surface area contributed by atoms with Gasteiger partial charge in [-0.05, 0) is 58.9 Å². The predicted octanol–water partition coefficient (Wildman–Crippen LogP) is 2.63. The number of aliphatic hydroxyl groups excluding tert-OH is 1. The van der Waals surface area contributed by atoms with E-state index in [0.29, 0.717) is 11.1 Å². The summed E-state index contributed by atoms with van der Waals surface area (Å²) in [7, 11) is 0. The van der Waals surface area contributed by atoms with Gasteiger partial charge in [-0.25, -0.2) is 4.79 Å². The monoisotopic (exact) mass is 739 g/mol. The minimum absolute atomic E-state index is 0.00414. The average Bonchev–Trinajstić information content (AvgIpc) is 3.15. The summed E-state index contributed by atoms with van der Waals surface area (Å²) in [5.41, 5.74) is 7.34. The molecule has 14 nitrogen and oxygen atoms in total. The molecule has 0 aliphatic rings. The third-order valence-electron chi connectivity index (χ3n) is 8.84. The van der Waals surface area contributed by atoms with Crippen LogP contribution in [0.2, 0.25) is 0 Å². The molecule has 0 saturated carbocycles. The molecule has 0 aliphatic heterocycles. The van der Waals surface area contributed by atoms with Gasteiger partial charge in [-0.3, -0.25) is 24.0 Å². The number of hydrogen-bond acceptors (Lipinski definition) is 8. The highest BCUT2D eigenvalue weighted by atomic mass is 16.4. The highest BCUT2D eigenvalue weighted by Gasteiger charge is 2.34. The van der Waals surface area contributed by atoms with Crippen LogP contribution in [0.25, 0.3) is 10.8 Å². The van der Waals surface area contributed by atoms with Crippen molar-refractivity contribution in [3.63, 3.8) is 0 Å². The average molecular weight is 740 g/mol. The maximum absolute atomic E-state index is 14.3. The standard InChI is InChI=1S/C40H45N5O9/c1-23(2)34(45-36(49)30(41)18-19-33(46)47)38(51)44-32(22-26-14-8-13-25-12-6-7-17-29(25)26)37(50)43-31(20-24-10-4-3-5-11-24)35(48)39(52)42-28-16-9-15-27(21-28)40(53)54/h3-17,21,23,30-32,34-35,48H,18-20,22,41H2,1-2H3,(H,42,52)(H,43,50)(H,44,51)(H,45,49)(H,46,47)(H,53,54)/t30-,31-,32-,34-,35+/m0/s1. The van der Waals surface area contributed by atoms with Crippen molar-refractivity contribution in [3.05, 3.63) is 114 Å². The van der Waals surface area contributed by atoms with E-state index in [0.717, 1.165) is 10.8 Å². The number of carboxylic acids is 2. The van der Waals surface area contributed by atoms with Gasteiger partial charge in [-0.15, -0.1) is 0 Å². The number of amides is 4. The number of anilines is 1. The highest BCUT2D eigenvalue weighted by Crippen LogP contribution is 2.21. The van der Waals surface area contributed by atoms with Crippen LogP contribution in [0.1, 0.15) is 48.2 Å². The Morgan fingerprint density at radius 3 is 2.06 bits per heavy atom. The van der Waals surface area contributed by atoms with Crippen molar-refractivity contribution in [3.8, 4) is 0 Å². The lowest BCUT2D eigenvalue weighted by Gasteiger charge is -2.29. The number of nitrogens with one attached hydrogen (secondary N) is 4. The molecule has 0 aliphatic carbocycles. The molecule has 4 aromatic rings. The lowest BCUT2D eigenvalue weighted by atomic mass is 9.96. The molecule has 0 heterocycles. The van der Waals surface area contributed by atoms with Gasteiger partial charge in [-0.2, -0.15) is 0 Å². The summed E-state index contributed by atoms with van der Waals surface area (Å²) in [6.45, 7) is 3.37. The van der Waals surface area contributed by atoms with Crippen molar-refractivity contribution < 1.29 is 44.1 Å². The fraction of sp³-hybridized carbons (Fsp3) is 0.300. The van der Waals surface area contributed by atoms with E-state index < -0.39 is 71.8 Å². The number of aliphatic carboxylic acids is 1. The van der Waals surface area contributed by atoms with E-state index in [1.807, 2.05) is 42.5 Å². The third kappa shape index (κ3) is 11.4. The SMILES string of the molecule is CC(C)[C@H](NC(=O)[C@@H](N)CCC(=O)O)C(=O)N[C@@H](Cc1cccc2ccccc12)C(=O)N[C@@H](Cc1ccccc1)[C@@H](O)C(=O)Nc1cccc(C(=O)O)c1. The first-order chi connectivity index (χ1) is 25.7. The van der Waals surface area contributed by atoms with Gasteiger partial charge in [0.15, 0.2) is 6.10 Å². The van der Waals surface area contributed by atoms with Crippen molar-refractivity contribution in [2.75, 3.05) is 5.32 Å². The zero-order valence-corrected chi connectivity index (χ0v) is 29.9. The van der Waals surface area contributed by atoms with Gasteiger partial charge in [0.25, 0.3) is 5.91 Å². The number of fused-ring (bicyclic) bond motifs is 1. The minimum atomic E-state index is -1.83. The second kappa shape index (κ2) is 19.1. The molecule has 0 unspecified atom stereocenters.